The number of benzene rings is 1. The number of fused-ring (bicyclic) bond motifs is 1. The van der Waals surface area contributed by atoms with Crippen molar-refractivity contribution in [3.63, 3.8) is 0 Å². The maximum atomic E-state index is 12.1. The maximum absolute atomic E-state index is 12.1. The van der Waals surface area contributed by atoms with Crippen LogP contribution in [0.2, 0.25) is 0 Å². The summed E-state index contributed by atoms with van der Waals surface area (Å²) in [6.45, 7) is 14.0. The Hall–Kier alpha value is -2.36. The van der Waals surface area contributed by atoms with Gasteiger partial charge in [-0.25, -0.2) is 4.98 Å². The second-order valence-corrected chi connectivity index (χ2v) is 9.26. The Balaban J connectivity index is 1.98. The monoisotopic (exact) mass is 407 g/mol. The van der Waals surface area contributed by atoms with Crippen molar-refractivity contribution in [1.29, 1.82) is 0 Å². The summed E-state index contributed by atoms with van der Waals surface area (Å²) in [6.07, 6.45) is 11.0. The van der Waals surface area contributed by atoms with E-state index in [9.17, 15) is 4.79 Å². The average molecular weight is 408 g/mol. The highest BCUT2D eigenvalue weighted by atomic mass is 16.1. The van der Waals surface area contributed by atoms with E-state index in [1.165, 1.54) is 11.2 Å². The maximum Gasteiger partial charge on any atom is 0.156 e. The van der Waals surface area contributed by atoms with Gasteiger partial charge in [-0.1, -0.05) is 40.2 Å². The third-order valence-corrected chi connectivity index (χ3v) is 5.87. The van der Waals surface area contributed by atoms with Gasteiger partial charge in [0.25, 0.3) is 0 Å². The molecule has 1 aromatic heterocycles. The third-order valence-electron chi connectivity index (χ3n) is 5.87. The smallest absolute Gasteiger partial charge is 0.156 e. The lowest BCUT2D eigenvalue weighted by Crippen LogP contribution is -2.23. The molecule has 1 aliphatic carbocycles. The van der Waals surface area contributed by atoms with Crippen LogP contribution in [0.5, 0.6) is 0 Å². The van der Waals surface area contributed by atoms with Crippen LogP contribution in [-0.4, -0.2) is 28.4 Å². The predicted molar refractivity (Wildman–Crippen MR) is 128 cm³/mol. The average Bonchev–Trinajstić information content (AvgIpc) is 3.04. The zero-order chi connectivity index (χ0) is 21.7. The first kappa shape index (κ1) is 22.3. The summed E-state index contributed by atoms with van der Waals surface area (Å²) in [5, 5.41) is 0. The summed E-state index contributed by atoms with van der Waals surface area (Å²) in [5.74, 6) is 1.21. The molecular formula is C26H37N3O. The standard InChI is InChI=1S/C26H37N3O/c1-6-9-15-29-24-17-21(28(8-3)14-7-2)11-12-23(24)27-25(29)13-10-20-16-22(30)19-26(4,5)18-20/h10-13,16-17H,6-9,14-15,18-19H2,1-5H3/b13-10+. The van der Waals surface area contributed by atoms with Crippen LogP contribution < -0.4 is 4.90 Å². The van der Waals surface area contributed by atoms with Gasteiger partial charge in [-0.2, -0.15) is 0 Å². The molecule has 0 N–H and O–H groups in total. The van der Waals surface area contributed by atoms with Gasteiger partial charge in [0.05, 0.1) is 11.0 Å². The Kier molecular flexibility index (Phi) is 7.17. The van der Waals surface area contributed by atoms with E-state index >= 15 is 0 Å². The highest BCUT2D eigenvalue weighted by Crippen LogP contribution is 2.34. The van der Waals surface area contributed by atoms with E-state index in [0.29, 0.717) is 6.42 Å². The molecule has 0 radical (unpaired) electrons. The van der Waals surface area contributed by atoms with Crippen LogP contribution in [0.4, 0.5) is 5.69 Å². The van der Waals surface area contributed by atoms with E-state index in [4.69, 9.17) is 4.98 Å². The lowest BCUT2D eigenvalue weighted by Gasteiger charge is -2.27. The van der Waals surface area contributed by atoms with E-state index in [0.717, 1.165) is 62.2 Å². The highest BCUT2D eigenvalue weighted by molar-refractivity contribution is 5.92. The first-order chi connectivity index (χ1) is 14.4. The number of imidazole rings is 1. The molecule has 0 saturated carbocycles. The second kappa shape index (κ2) is 9.63. The number of hydrogen-bond acceptors (Lipinski definition) is 3. The van der Waals surface area contributed by atoms with Crippen molar-refractivity contribution in [1.82, 2.24) is 9.55 Å². The number of ketones is 1. The Bertz CT molecular complexity index is 949. The molecule has 0 amide bonds. The van der Waals surface area contributed by atoms with Gasteiger partial charge in [0, 0.05) is 31.7 Å². The van der Waals surface area contributed by atoms with Crippen LogP contribution in [-0.2, 0) is 11.3 Å². The van der Waals surface area contributed by atoms with Crippen LogP contribution in [0, 0.1) is 5.41 Å². The number of unbranched alkanes of at least 4 members (excludes halogenated alkanes) is 1. The summed E-state index contributed by atoms with van der Waals surface area (Å²) in [5.41, 5.74) is 4.64. The minimum absolute atomic E-state index is 0.0334. The van der Waals surface area contributed by atoms with Gasteiger partial charge < -0.3 is 9.47 Å². The molecule has 1 aromatic carbocycles. The Labute approximate surface area is 181 Å². The molecule has 0 spiro atoms. The van der Waals surface area contributed by atoms with E-state index in [-0.39, 0.29) is 11.2 Å². The van der Waals surface area contributed by atoms with Gasteiger partial charge in [-0.05, 0) is 67.5 Å². The largest absolute Gasteiger partial charge is 0.372 e. The Morgan fingerprint density at radius 1 is 1.13 bits per heavy atom. The number of aromatic nitrogens is 2. The Morgan fingerprint density at radius 2 is 1.93 bits per heavy atom. The molecule has 30 heavy (non-hydrogen) atoms. The number of aryl methyl sites for hydroxylation is 1. The third kappa shape index (κ3) is 5.21. The van der Waals surface area contributed by atoms with Gasteiger partial charge in [-0.3, -0.25) is 4.79 Å². The number of carbonyl (C=O) groups excluding carboxylic acids is 1. The quantitative estimate of drug-likeness (QED) is 0.482. The van der Waals surface area contributed by atoms with Crippen molar-refractivity contribution in [2.45, 2.75) is 73.3 Å². The molecule has 0 bridgehead atoms. The predicted octanol–water partition coefficient (Wildman–Crippen LogP) is 6.40. The Morgan fingerprint density at radius 3 is 2.60 bits per heavy atom. The number of anilines is 1. The summed E-state index contributed by atoms with van der Waals surface area (Å²) >= 11 is 0. The van der Waals surface area contributed by atoms with E-state index in [1.807, 2.05) is 6.08 Å². The highest BCUT2D eigenvalue weighted by Gasteiger charge is 2.26. The molecule has 0 aliphatic heterocycles. The number of rotatable bonds is 9. The van der Waals surface area contributed by atoms with Gasteiger partial charge >= 0.3 is 0 Å². The van der Waals surface area contributed by atoms with Gasteiger partial charge in [0.2, 0.25) is 0 Å². The molecule has 3 rings (SSSR count). The lowest BCUT2D eigenvalue weighted by molar-refractivity contribution is -0.116. The normalized spacial score (nSPS) is 16.4. The first-order valence-corrected chi connectivity index (χ1v) is 11.5. The first-order valence-electron chi connectivity index (χ1n) is 11.5. The zero-order valence-electron chi connectivity index (χ0n) is 19.4. The van der Waals surface area contributed by atoms with Crippen molar-refractivity contribution in [3.05, 3.63) is 41.7 Å². The van der Waals surface area contributed by atoms with Crippen LogP contribution in [0.25, 0.3) is 17.1 Å². The summed E-state index contributed by atoms with van der Waals surface area (Å²) < 4.78 is 2.34. The second-order valence-electron chi connectivity index (χ2n) is 9.26. The van der Waals surface area contributed by atoms with Crippen LogP contribution in [0.3, 0.4) is 0 Å². The topological polar surface area (TPSA) is 38.1 Å². The minimum Gasteiger partial charge on any atom is -0.372 e. The number of nitrogens with zero attached hydrogens (tertiary/aromatic N) is 3. The van der Waals surface area contributed by atoms with Crippen molar-refractivity contribution < 1.29 is 4.79 Å². The number of carbonyl (C=O) groups is 1. The van der Waals surface area contributed by atoms with E-state index in [2.05, 4.69) is 74.4 Å². The van der Waals surface area contributed by atoms with Crippen molar-refractivity contribution in [2.75, 3.05) is 18.0 Å². The zero-order valence-corrected chi connectivity index (χ0v) is 19.4. The van der Waals surface area contributed by atoms with Crippen molar-refractivity contribution in [3.8, 4) is 0 Å². The molecule has 4 nitrogen and oxygen atoms in total. The van der Waals surface area contributed by atoms with Crippen LogP contribution >= 0.6 is 0 Å². The molecule has 0 saturated heterocycles. The van der Waals surface area contributed by atoms with Gasteiger partial charge in [-0.15, -0.1) is 0 Å². The minimum atomic E-state index is 0.0334. The van der Waals surface area contributed by atoms with Crippen LogP contribution in [0.1, 0.15) is 72.5 Å². The molecule has 1 heterocycles. The van der Waals surface area contributed by atoms with E-state index in [1.54, 1.807) is 0 Å². The summed E-state index contributed by atoms with van der Waals surface area (Å²) in [4.78, 5) is 19.4. The molecule has 0 fully saturated rings. The van der Waals surface area contributed by atoms with Crippen molar-refractivity contribution in [2.24, 2.45) is 5.41 Å². The lowest BCUT2D eigenvalue weighted by atomic mass is 9.77. The fraction of sp³-hybridized carbons (Fsp3) is 0.538. The van der Waals surface area contributed by atoms with E-state index < -0.39 is 0 Å². The molecule has 1 aliphatic rings. The fourth-order valence-corrected chi connectivity index (χ4v) is 4.43. The van der Waals surface area contributed by atoms with Crippen molar-refractivity contribution >= 4 is 28.6 Å². The summed E-state index contributed by atoms with van der Waals surface area (Å²) in [6, 6.07) is 6.63. The van der Waals surface area contributed by atoms with Gasteiger partial charge in [0.15, 0.2) is 5.78 Å². The number of hydrogen-bond donors (Lipinski definition) is 0. The molecular weight excluding hydrogens is 370 g/mol. The SMILES string of the molecule is CCCCn1c(/C=C/C2=CC(=O)CC(C)(C)C2)nc2ccc(N(CC)CCC)cc21. The molecule has 2 aromatic rings. The fourth-order valence-electron chi connectivity index (χ4n) is 4.43. The molecule has 0 atom stereocenters. The molecule has 162 valence electrons. The molecule has 4 heteroatoms. The number of allylic oxidation sites excluding steroid dienone is 3. The summed E-state index contributed by atoms with van der Waals surface area (Å²) in [7, 11) is 0. The van der Waals surface area contributed by atoms with Crippen LogP contribution in [0.15, 0.2) is 35.9 Å². The van der Waals surface area contributed by atoms with Gasteiger partial charge in [0.1, 0.15) is 5.82 Å². The molecule has 0 unspecified atom stereocenters.